The van der Waals surface area contributed by atoms with Crippen LogP contribution in [0.25, 0.3) is 0 Å². The maximum atomic E-state index is 12.4. The molecular formula is C14H17N5O. The average molecular weight is 271 g/mol. The predicted molar refractivity (Wildman–Crippen MR) is 77.2 cm³/mol. The van der Waals surface area contributed by atoms with Crippen molar-refractivity contribution >= 4 is 17.4 Å². The Bertz CT molecular complexity index is 619. The molecule has 3 rings (SSSR count). The van der Waals surface area contributed by atoms with Crippen molar-refractivity contribution in [1.82, 2.24) is 14.7 Å². The molecule has 1 aromatic carbocycles. The number of nitrogens with zero attached hydrogens (tertiary/aromatic N) is 4. The Kier molecular flexibility index (Phi) is 3.06. The maximum Gasteiger partial charge on any atom is 0.324 e. The minimum atomic E-state index is 0.0265. The number of aryl methyl sites for hydroxylation is 1. The molecule has 2 amide bonds. The molecule has 0 saturated carbocycles. The SMILES string of the molecule is Cn1cc(CN2CCN(c3ccc(N)cc3)C2=O)cn1. The Morgan fingerprint density at radius 2 is 2.00 bits per heavy atom. The molecule has 104 valence electrons. The number of hydrogen-bond acceptors (Lipinski definition) is 3. The third kappa shape index (κ3) is 2.32. The van der Waals surface area contributed by atoms with Crippen molar-refractivity contribution in [2.45, 2.75) is 6.54 Å². The number of hydrogen-bond donors (Lipinski definition) is 1. The van der Waals surface area contributed by atoms with Crippen LogP contribution in [0.15, 0.2) is 36.7 Å². The fourth-order valence-corrected chi connectivity index (χ4v) is 2.40. The molecule has 0 atom stereocenters. The van der Waals surface area contributed by atoms with Crippen LogP contribution in [0.3, 0.4) is 0 Å². The van der Waals surface area contributed by atoms with Crippen LogP contribution >= 0.6 is 0 Å². The van der Waals surface area contributed by atoms with E-state index in [1.54, 1.807) is 15.8 Å². The van der Waals surface area contributed by atoms with Gasteiger partial charge < -0.3 is 10.6 Å². The Morgan fingerprint density at radius 1 is 1.25 bits per heavy atom. The highest BCUT2D eigenvalue weighted by Crippen LogP contribution is 2.22. The molecule has 1 aliphatic heterocycles. The summed E-state index contributed by atoms with van der Waals surface area (Å²) in [6.07, 6.45) is 3.72. The summed E-state index contributed by atoms with van der Waals surface area (Å²) >= 11 is 0. The molecule has 2 N–H and O–H groups in total. The molecule has 6 heteroatoms. The van der Waals surface area contributed by atoms with Gasteiger partial charge in [0.1, 0.15) is 0 Å². The monoisotopic (exact) mass is 271 g/mol. The van der Waals surface area contributed by atoms with Crippen LogP contribution in [-0.4, -0.2) is 33.8 Å². The van der Waals surface area contributed by atoms with Gasteiger partial charge in [-0.1, -0.05) is 0 Å². The zero-order valence-electron chi connectivity index (χ0n) is 11.4. The van der Waals surface area contributed by atoms with Gasteiger partial charge >= 0.3 is 6.03 Å². The summed E-state index contributed by atoms with van der Waals surface area (Å²) in [7, 11) is 1.87. The molecular weight excluding hydrogens is 254 g/mol. The summed E-state index contributed by atoms with van der Waals surface area (Å²) in [5.74, 6) is 0. The topological polar surface area (TPSA) is 67.4 Å². The number of nitrogen functional groups attached to an aromatic ring is 1. The highest BCUT2D eigenvalue weighted by molar-refractivity contribution is 5.94. The van der Waals surface area contributed by atoms with Gasteiger partial charge in [-0.2, -0.15) is 5.10 Å². The van der Waals surface area contributed by atoms with E-state index >= 15 is 0 Å². The van der Waals surface area contributed by atoms with E-state index in [1.807, 2.05) is 42.4 Å². The van der Waals surface area contributed by atoms with Crippen molar-refractivity contribution in [2.24, 2.45) is 7.05 Å². The minimum absolute atomic E-state index is 0.0265. The van der Waals surface area contributed by atoms with E-state index < -0.39 is 0 Å². The summed E-state index contributed by atoms with van der Waals surface area (Å²) < 4.78 is 1.74. The molecule has 1 aliphatic rings. The molecule has 0 radical (unpaired) electrons. The number of anilines is 2. The van der Waals surface area contributed by atoms with Gasteiger partial charge in [0.05, 0.1) is 12.7 Å². The van der Waals surface area contributed by atoms with Gasteiger partial charge in [0, 0.05) is 43.3 Å². The second-order valence-corrected chi connectivity index (χ2v) is 4.97. The molecule has 20 heavy (non-hydrogen) atoms. The van der Waals surface area contributed by atoms with Gasteiger partial charge in [-0.15, -0.1) is 0 Å². The van der Waals surface area contributed by atoms with Crippen LogP contribution in [0.2, 0.25) is 0 Å². The van der Waals surface area contributed by atoms with E-state index in [0.717, 1.165) is 17.8 Å². The van der Waals surface area contributed by atoms with E-state index in [9.17, 15) is 4.79 Å². The smallest absolute Gasteiger partial charge is 0.324 e. The van der Waals surface area contributed by atoms with Gasteiger partial charge in [0.2, 0.25) is 0 Å². The molecule has 2 aromatic rings. The first-order chi connectivity index (χ1) is 9.63. The normalized spacial score (nSPS) is 15.2. The number of benzene rings is 1. The lowest BCUT2D eigenvalue weighted by molar-refractivity contribution is 0.219. The molecule has 6 nitrogen and oxygen atoms in total. The minimum Gasteiger partial charge on any atom is -0.399 e. The van der Waals surface area contributed by atoms with Gasteiger partial charge in [-0.05, 0) is 24.3 Å². The van der Waals surface area contributed by atoms with E-state index in [1.165, 1.54) is 0 Å². The second-order valence-electron chi connectivity index (χ2n) is 4.97. The first-order valence-corrected chi connectivity index (χ1v) is 6.53. The summed E-state index contributed by atoms with van der Waals surface area (Å²) in [6, 6.07) is 7.40. The number of urea groups is 1. The summed E-state index contributed by atoms with van der Waals surface area (Å²) in [6.45, 7) is 2.01. The van der Waals surface area contributed by atoms with E-state index in [0.29, 0.717) is 18.8 Å². The zero-order valence-corrected chi connectivity index (χ0v) is 11.4. The fraction of sp³-hybridized carbons (Fsp3) is 0.286. The molecule has 0 bridgehead atoms. The largest absolute Gasteiger partial charge is 0.399 e. The highest BCUT2D eigenvalue weighted by atomic mass is 16.2. The van der Waals surface area contributed by atoms with E-state index in [4.69, 9.17) is 5.73 Å². The van der Waals surface area contributed by atoms with Gasteiger partial charge in [-0.3, -0.25) is 9.58 Å². The molecule has 0 aliphatic carbocycles. The first kappa shape index (κ1) is 12.5. The molecule has 1 aromatic heterocycles. The third-order valence-corrected chi connectivity index (χ3v) is 3.43. The molecule has 1 saturated heterocycles. The van der Waals surface area contributed by atoms with Gasteiger partial charge in [-0.25, -0.2) is 4.79 Å². The second kappa shape index (κ2) is 4.88. The third-order valence-electron chi connectivity index (χ3n) is 3.43. The van der Waals surface area contributed by atoms with Gasteiger partial charge in [0.25, 0.3) is 0 Å². The van der Waals surface area contributed by atoms with E-state index in [-0.39, 0.29) is 6.03 Å². The lowest BCUT2D eigenvalue weighted by Crippen LogP contribution is -2.31. The van der Waals surface area contributed by atoms with E-state index in [2.05, 4.69) is 5.10 Å². The van der Waals surface area contributed by atoms with Gasteiger partial charge in [0.15, 0.2) is 0 Å². The van der Waals surface area contributed by atoms with Crippen LogP contribution in [0, 0.1) is 0 Å². The number of aromatic nitrogens is 2. The standard InChI is InChI=1S/C14H17N5O/c1-17-9-11(8-16-17)10-18-6-7-19(14(18)20)13-4-2-12(15)3-5-13/h2-5,8-9H,6-7,10,15H2,1H3. The quantitative estimate of drug-likeness (QED) is 0.859. The zero-order chi connectivity index (χ0) is 14.1. The maximum absolute atomic E-state index is 12.4. The summed E-state index contributed by atoms with van der Waals surface area (Å²) in [5.41, 5.74) is 8.30. The van der Waals surface area contributed by atoms with Crippen molar-refractivity contribution in [1.29, 1.82) is 0 Å². The number of carbonyl (C=O) groups is 1. The van der Waals surface area contributed by atoms with Crippen molar-refractivity contribution in [2.75, 3.05) is 23.7 Å². The molecule has 2 heterocycles. The van der Waals surface area contributed by atoms with Crippen LogP contribution < -0.4 is 10.6 Å². The van der Waals surface area contributed by atoms with Crippen LogP contribution in [-0.2, 0) is 13.6 Å². The van der Waals surface area contributed by atoms with Crippen molar-refractivity contribution < 1.29 is 4.79 Å². The van der Waals surface area contributed by atoms with Crippen molar-refractivity contribution in [3.8, 4) is 0 Å². The Hall–Kier alpha value is -2.50. The van der Waals surface area contributed by atoms with Crippen LogP contribution in [0.4, 0.5) is 16.2 Å². The van der Waals surface area contributed by atoms with Crippen LogP contribution in [0.5, 0.6) is 0 Å². The number of rotatable bonds is 3. The number of carbonyl (C=O) groups excluding carboxylic acids is 1. The Balaban J connectivity index is 1.72. The summed E-state index contributed by atoms with van der Waals surface area (Å²) in [4.78, 5) is 16.0. The van der Waals surface area contributed by atoms with Crippen LogP contribution in [0.1, 0.15) is 5.56 Å². The lowest BCUT2D eigenvalue weighted by Gasteiger charge is -2.18. The van der Waals surface area contributed by atoms with Crippen molar-refractivity contribution in [3.63, 3.8) is 0 Å². The average Bonchev–Trinajstić information content (AvgIpc) is 2.99. The molecule has 0 spiro atoms. The lowest BCUT2D eigenvalue weighted by atomic mass is 10.2. The Morgan fingerprint density at radius 3 is 2.65 bits per heavy atom. The van der Waals surface area contributed by atoms with Crippen molar-refractivity contribution in [3.05, 3.63) is 42.2 Å². The number of nitrogens with two attached hydrogens (primary N) is 1. The fourth-order valence-electron chi connectivity index (χ4n) is 2.40. The predicted octanol–water partition coefficient (Wildman–Crippen LogP) is 1.44. The summed E-state index contributed by atoms with van der Waals surface area (Å²) in [5, 5.41) is 4.12. The number of amides is 2. The highest BCUT2D eigenvalue weighted by Gasteiger charge is 2.29. The molecule has 0 unspecified atom stereocenters. The molecule has 1 fully saturated rings. The first-order valence-electron chi connectivity index (χ1n) is 6.53. The Labute approximate surface area is 117 Å².